The average molecular weight is 346 g/mol. The Kier molecular flexibility index (Phi) is 4.93. The first kappa shape index (κ1) is 13.7. The molecule has 2 aromatic carbocycles. The van der Waals surface area contributed by atoms with Crippen molar-refractivity contribution in [2.24, 2.45) is 0 Å². The van der Waals surface area contributed by atoms with Gasteiger partial charge in [0.05, 0.1) is 0 Å². The van der Waals surface area contributed by atoms with E-state index in [9.17, 15) is 0 Å². The lowest BCUT2D eigenvalue weighted by atomic mass is 10.2. The summed E-state index contributed by atoms with van der Waals surface area (Å²) in [6, 6.07) is 13.4. The normalized spacial score (nSPS) is 10.4. The molecule has 0 N–H and O–H groups in total. The molecule has 0 aliphatic rings. The van der Waals surface area contributed by atoms with Gasteiger partial charge in [0.25, 0.3) is 0 Å². The highest BCUT2D eigenvalue weighted by molar-refractivity contribution is 9.10. The lowest BCUT2D eigenvalue weighted by Gasteiger charge is -2.09. The molecule has 0 heterocycles. The molecule has 0 unspecified atom stereocenters. The van der Waals surface area contributed by atoms with Crippen LogP contribution in [0.1, 0.15) is 11.1 Å². The van der Waals surface area contributed by atoms with E-state index in [-0.39, 0.29) is 0 Å². The minimum atomic E-state index is 0.447. The van der Waals surface area contributed by atoms with Gasteiger partial charge < -0.3 is 4.74 Å². The third-order valence-electron chi connectivity index (χ3n) is 2.51. The lowest BCUT2D eigenvalue weighted by Crippen LogP contribution is -1.96. The summed E-state index contributed by atoms with van der Waals surface area (Å²) < 4.78 is 6.69. The fourth-order valence-corrected chi connectivity index (χ4v) is 2.48. The Bertz CT molecular complexity index is 543. The molecule has 0 aliphatic carbocycles. The van der Waals surface area contributed by atoms with Gasteiger partial charge in [0, 0.05) is 20.9 Å². The van der Waals surface area contributed by atoms with Gasteiger partial charge in [-0.2, -0.15) is 0 Å². The fourth-order valence-electron chi connectivity index (χ4n) is 1.52. The van der Waals surface area contributed by atoms with Gasteiger partial charge >= 0.3 is 0 Å². The summed E-state index contributed by atoms with van der Waals surface area (Å²) >= 11 is 15.3. The molecule has 0 spiro atoms. The van der Waals surface area contributed by atoms with Crippen molar-refractivity contribution in [3.8, 4) is 5.75 Å². The monoisotopic (exact) mass is 344 g/mol. The van der Waals surface area contributed by atoms with Crippen molar-refractivity contribution in [1.29, 1.82) is 0 Å². The van der Waals surface area contributed by atoms with Gasteiger partial charge in [-0.05, 0) is 29.8 Å². The molecule has 2 aromatic rings. The average Bonchev–Trinajstić information content (AvgIpc) is 2.39. The molecule has 94 valence electrons. The van der Waals surface area contributed by atoms with Crippen molar-refractivity contribution in [3.05, 3.63) is 63.1 Å². The van der Waals surface area contributed by atoms with E-state index in [2.05, 4.69) is 15.9 Å². The zero-order valence-corrected chi connectivity index (χ0v) is 12.6. The number of ether oxygens (including phenoxy) is 1. The summed E-state index contributed by atoms with van der Waals surface area (Å²) in [5.74, 6) is 1.23. The zero-order chi connectivity index (χ0) is 13.0. The Morgan fingerprint density at radius 3 is 2.56 bits per heavy atom. The van der Waals surface area contributed by atoms with Crippen molar-refractivity contribution in [3.63, 3.8) is 0 Å². The standard InChI is InChI=1S/C14H11BrCl2O/c15-13-6-5-12(7-11(13)8-16)18-9-10-3-1-2-4-14(10)17/h1-7H,8-9H2. The summed E-state index contributed by atoms with van der Waals surface area (Å²) in [6.07, 6.45) is 0. The Labute approximate surface area is 125 Å². The maximum absolute atomic E-state index is 6.07. The molecule has 0 saturated carbocycles. The van der Waals surface area contributed by atoms with E-state index in [1.807, 2.05) is 42.5 Å². The SMILES string of the molecule is ClCc1cc(OCc2ccccc2Cl)ccc1Br. The number of benzene rings is 2. The number of halogens is 3. The van der Waals surface area contributed by atoms with Crippen LogP contribution in [0.25, 0.3) is 0 Å². The van der Waals surface area contributed by atoms with E-state index in [0.717, 1.165) is 21.3 Å². The van der Waals surface area contributed by atoms with Gasteiger partial charge in [-0.25, -0.2) is 0 Å². The Balaban J connectivity index is 2.09. The second-order valence-electron chi connectivity index (χ2n) is 3.77. The molecule has 1 nitrogen and oxygen atoms in total. The van der Waals surface area contributed by atoms with Crippen LogP contribution in [0.2, 0.25) is 5.02 Å². The minimum Gasteiger partial charge on any atom is -0.489 e. The van der Waals surface area contributed by atoms with Gasteiger partial charge in [-0.3, -0.25) is 0 Å². The molecule has 0 saturated heterocycles. The largest absolute Gasteiger partial charge is 0.489 e. The molecule has 0 atom stereocenters. The topological polar surface area (TPSA) is 9.23 Å². The number of hydrogen-bond acceptors (Lipinski definition) is 1. The number of alkyl halides is 1. The van der Waals surface area contributed by atoms with Crippen LogP contribution in [0.4, 0.5) is 0 Å². The van der Waals surface area contributed by atoms with Crippen molar-refractivity contribution >= 4 is 39.1 Å². The van der Waals surface area contributed by atoms with Crippen molar-refractivity contribution < 1.29 is 4.74 Å². The predicted molar refractivity (Wildman–Crippen MR) is 79.5 cm³/mol. The molecule has 0 amide bonds. The maximum Gasteiger partial charge on any atom is 0.120 e. The van der Waals surface area contributed by atoms with Gasteiger partial charge in [0.15, 0.2) is 0 Å². The van der Waals surface area contributed by atoms with Crippen LogP contribution in [-0.2, 0) is 12.5 Å². The first-order chi connectivity index (χ1) is 8.70. The summed E-state index contributed by atoms with van der Waals surface area (Å²) in [7, 11) is 0. The maximum atomic E-state index is 6.07. The van der Waals surface area contributed by atoms with E-state index < -0.39 is 0 Å². The third kappa shape index (κ3) is 3.41. The molecule has 0 fully saturated rings. The molecule has 0 radical (unpaired) electrons. The van der Waals surface area contributed by atoms with Crippen LogP contribution in [0.3, 0.4) is 0 Å². The minimum absolute atomic E-state index is 0.447. The second kappa shape index (κ2) is 6.46. The van der Waals surface area contributed by atoms with Gasteiger partial charge in [-0.15, -0.1) is 11.6 Å². The quantitative estimate of drug-likeness (QED) is 0.672. The lowest BCUT2D eigenvalue weighted by molar-refractivity contribution is 0.306. The Hall–Kier alpha value is -0.700. The number of hydrogen-bond donors (Lipinski definition) is 0. The van der Waals surface area contributed by atoms with Crippen LogP contribution in [0.15, 0.2) is 46.9 Å². The molecule has 2 rings (SSSR count). The van der Waals surface area contributed by atoms with Crippen molar-refractivity contribution in [1.82, 2.24) is 0 Å². The van der Waals surface area contributed by atoms with Crippen LogP contribution < -0.4 is 4.74 Å². The molecule has 0 aliphatic heterocycles. The Morgan fingerprint density at radius 1 is 1.06 bits per heavy atom. The van der Waals surface area contributed by atoms with Gasteiger partial charge in [0.2, 0.25) is 0 Å². The van der Waals surface area contributed by atoms with Crippen molar-refractivity contribution in [2.45, 2.75) is 12.5 Å². The highest BCUT2D eigenvalue weighted by Gasteiger charge is 2.03. The predicted octanol–water partition coefficient (Wildman–Crippen LogP) is 5.42. The molecule has 0 aromatic heterocycles. The van der Waals surface area contributed by atoms with E-state index in [0.29, 0.717) is 17.5 Å². The Morgan fingerprint density at radius 2 is 1.83 bits per heavy atom. The van der Waals surface area contributed by atoms with Crippen LogP contribution in [-0.4, -0.2) is 0 Å². The summed E-state index contributed by atoms with van der Waals surface area (Å²) in [5, 5.41) is 0.715. The van der Waals surface area contributed by atoms with E-state index in [1.54, 1.807) is 0 Å². The molecular weight excluding hydrogens is 335 g/mol. The van der Waals surface area contributed by atoms with Crippen LogP contribution >= 0.6 is 39.1 Å². The first-order valence-electron chi connectivity index (χ1n) is 5.41. The summed E-state index contributed by atoms with van der Waals surface area (Å²) in [4.78, 5) is 0. The molecule has 0 bridgehead atoms. The van der Waals surface area contributed by atoms with Crippen molar-refractivity contribution in [2.75, 3.05) is 0 Å². The smallest absolute Gasteiger partial charge is 0.120 e. The first-order valence-corrected chi connectivity index (χ1v) is 7.12. The van der Waals surface area contributed by atoms with Gasteiger partial charge in [-0.1, -0.05) is 45.7 Å². The van der Waals surface area contributed by atoms with Crippen LogP contribution in [0.5, 0.6) is 5.75 Å². The second-order valence-corrected chi connectivity index (χ2v) is 5.30. The molecule has 4 heteroatoms. The van der Waals surface area contributed by atoms with E-state index >= 15 is 0 Å². The van der Waals surface area contributed by atoms with E-state index in [4.69, 9.17) is 27.9 Å². The number of rotatable bonds is 4. The van der Waals surface area contributed by atoms with Gasteiger partial charge in [0.1, 0.15) is 12.4 Å². The van der Waals surface area contributed by atoms with E-state index in [1.165, 1.54) is 0 Å². The third-order valence-corrected chi connectivity index (χ3v) is 3.94. The fraction of sp³-hybridized carbons (Fsp3) is 0.143. The zero-order valence-electron chi connectivity index (χ0n) is 9.50. The summed E-state index contributed by atoms with van der Waals surface area (Å²) in [6.45, 7) is 0.447. The molecular formula is C14H11BrCl2O. The molecule has 18 heavy (non-hydrogen) atoms. The summed E-state index contributed by atoms with van der Waals surface area (Å²) in [5.41, 5.74) is 1.97. The highest BCUT2D eigenvalue weighted by atomic mass is 79.9. The highest BCUT2D eigenvalue weighted by Crippen LogP contribution is 2.25. The van der Waals surface area contributed by atoms with Crippen LogP contribution in [0, 0.1) is 0 Å².